The molecule has 3 aromatic rings. The van der Waals surface area contributed by atoms with Crippen LogP contribution in [0.25, 0.3) is 11.0 Å². The van der Waals surface area contributed by atoms with E-state index in [9.17, 15) is 14.7 Å². The van der Waals surface area contributed by atoms with Crippen LogP contribution >= 0.6 is 0 Å². The molecule has 1 aromatic heterocycles. The summed E-state index contributed by atoms with van der Waals surface area (Å²) >= 11 is 0. The summed E-state index contributed by atoms with van der Waals surface area (Å²) in [6, 6.07) is 15.3. The number of benzene rings is 2. The quantitative estimate of drug-likeness (QED) is 0.612. The molecule has 1 aliphatic carbocycles. The van der Waals surface area contributed by atoms with Gasteiger partial charge < -0.3 is 9.52 Å². The van der Waals surface area contributed by atoms with Crippen molar-refractivity contribution in [2.45, 2.75) is 38.5 Å². The Bertz CT molecular complexity index is 984. The van der Waals surface area contributed by atoms with Gasteiger partial charge in [0.15, 0.2) is 5.78 Å². The van der Waals surface area contributed by atoms with Gasteiger partial charge in [0.2, 0.25) is 0 Å². The Morgan fingerprint density at radius 3 is 2.67 bits per heavy atom. The van der Waals surface area contributed by atoms with Crippen molar-refractivity contribution in [3.05, 3.63) is 71.0 Å². The summed E-state index contributed by atoms with van der Waals surface area (Å²) in [5, 5.41) is 10.6. The molecular formula is C23H22O4. The van der Waals surface area contributed by atoms with Crippen molar-refractivity contribution in [1.29, 1.82) is 0 Å². The van der Waals surface area contributed by atoms with Gasteiger partial charge >= 0.3 is 5.97 Å². The molecule has 0 spiro atoms. The van der Waals surface area contributed by atoms with Crippen molar-refractivity contribution >= 4 is 22.7 Å². The van der Waals surface area contributed by atoms with E-state index < -0.39 is 11.9 Å². The third-order valence-corrected chi connectivity index (χ3v) is 5.43. The van der Waals surface area contributed by atoms with Crippen molar-refractivity contribution in [3.63, 3.8) is 0 Å². The predicted octanol–water partition coefficient (Wildman–Crippen LogP) is 4.83. The molecule has 4 rings (SSSR count). The number of ketones is 1. The second kappa shape index (κ2) is 7.39. The number of hydrogen-bond acceptors (Lipinski definition) is 3. The summed E-state index contributed by atoms with van der Waals surface area (Å²) in [6.45, 7) is 0. The highest BCUT2D eigenvalue weighted by Crippen LogP contribution is 2.33. The topological polar surface area (TPSA) is 67.5 Å². The first kappa shape index (κ1) is 17.5. The second-order valence-corrected chi connectivity index (χ2v) is 7.26. The van der Waals surface area contributed by atoms with E-state index in [1.807, 2.05) is 36.4 Å². The number of carboxylic acids is 1. The Hall–Kier alpha value is -2.88. The number of Topliss-reactive ketones (excluding diaryl/α,β-unsaturated/α-hetero) is 1. The number of carbonyl (C=O) groups excluding carboxylic acids is 1. The fraction of sp³-hybridized carbons (Fsp3) is 0.304. The van der Waals surface area contributed by atoms with Gasteiger partial charge in [-0.1, -0.05) is 42.5 Å². The molecule has 1 heterocycles. The standard InChI is InChI=1S/C23H22O4/c24-20(13-17(23(25)26)10-9-15-5-2-1-3-6-15)16-11-12-19-18-7-4-8-21(18)27-22(19)14-16/h1-3,5-6,11-12,14,17H,4,7-10,13H2,(H,25,26)/t17-/m1/s1. The second-order valence-electron chi connectivity index (χ2n) is 7.26. The molecule has 138 valence electrons. The summed E-state index contributed by atoms with van der Waals surface area (Å²) < 4.78 is 5.89. The molecule has 0 fully saturated rings. The maximum atomic E-state index is 12.7. The minimum atomic E-state index is -0.919. The lowest BCUT2D eigenvalue weighted by Gasteiger charge is -2.12. The summed E-state index contributed by atoms with van der Waals surface area (Å²) in [6.07, 6.45) is 4.20. The van der Waals surface area contributed by atoms with E-state index >= 15 is 0 Å². The molecule has 0 amide bonds. The highest BCUT2D eigenvalue weighted by Gasteiger charge is 2.24. The highest BCUT2D eigenvalue weighted by atomic mass is 16.4. The summed E-state index contributed by atoms with van der Waals surface area (Å²) in [5.41, 5.74) is 3.61. The molecule has 1 N–H and O–H groups in total. The zero-order valence-electron chi connectivity index (χ0n) is 15.1. The van der Waals surface area contributed by atoms with Crippen molar-refractivity contribution in [2.75, 3.05) is 0 Å². The van der Waals surface area contributed by atoms with E-state index in [1.165, 1.54) is 5.56 Å². The predicted molar refractivity (Wildman–Crippen MR) is 103 cm³/mol. The highest BCUT2D eigenvalue weighted by molar-refractivity contribution is 6.01. The average molecular weight is 362 g/mol. The monoisotopic (exact) mass is 362 g/mol. The first-order valence-electron chi connectivity index (χ1n) is 9.46. The largest absolute Gasteiger partial charge is 0.481 e. The number of rotatable bonds is 7. The van der Waals surface area contributed by atoms with Gasteiger partial charge in [-0.2, -0.15) is 0 Å². The normalized spacial score (nSPS) is 14.2. The van der Waals surface area contributed by atoms with Gasteiger partial charge in [0.1, 0.15) is 11.3 Å². The Morgan fingerprint density at radius 2 is 1.89 bits per heavy atom. The zero-order valence-corrected chi connectivity index (χ0v) is 15.1. The van der Waals surface area contributed by atoms with Crippen molar-refractivity contribution < 1.29 is 19.1 Å². The minimum Gasteiger partial charge on any atom is -0.481 e. The minimum absolute atomic E-state index is 0.00803. The number of aryl methyl sites for hydroxylation is 3. The summed E-state index contributed by atoms with van der Waals surface area (Å²) in [4.78, 5) is 24.3. The zero-order chi connectivity index (χ0) is 18.8. The number of fused-ring (bicyclic) bond motifs is 3. The fourth-order valence-corrected chi connectivity index (χ4v) is 3.92. The molecule has 0 saturated carbocycles. The molecule has 1 atom stereocenters. The number of carbonyl (C=O) groups is 2. The van der Waals surface area contributed by atoms with Gasteiger partial charge in [0.05, 0.1) is 5.92 Å². The molecule has 0 saturated heterocycles. The van der Waals surface area contributed by atoms with Crippen LogP contribution in [0.3, 0.4) is 0 Å². The van der Waals surface area contributed by atoms with Crippen LogP contribution in [-0.2, 0) is 24.1 Å². The van der Waals surface area contributed by atoms with Crippen molar-refractivity contribution in [2.24, 2.45) is 5.92 Å². The van der Waals surface area contributed by atoms with Gasteiger partial charge in [-0.25, -0.2) is 0 Å². The smallest absolute Gasteiger partial charge is 0.306 e. The van der Waals surface area contributed by atoms with Crippen LogP contribution in [0.5, 0.6) is 0 Å². The van der Waals surface area contributed by atoms with Crippen LogP contribution in [0, 0.1) is 5.92 Å². The molecule has 4 heteroatoms. The maximum absolute atomic E-state index is 12.7. The molecule has 0 radical (unpaired) electrons. The number of hydrogen-bond donors (Lipinski definition) is 1. The Balaban J connectivity index is 1.47. The number of aliphatic carboxylic acids is 1. The molecule has 0 aliphatic heterocycles. The van der Waals surface area contributed by atoms with Gasteiger partial charge in [-0.15, -0.1) is 0 Å². The van der Waals surface area contributed by atoms with Crippen LogP contribution in [0.4, 0.5) is 0 Å². The lowest BCUT2D eigenvalue weighted by Crippen LogP contribution is -2.19. The third kappa shape index (κ3) is 3.65. The Morgan fingerprint density at radius 1 is 1.07 bits per heavy atom. The van der Waals surface area contributed by atoms with E-state index in [2.05, 4.69) is 0 Å². The van der Waals surface area contributed by atoms with Gasteiger partial charge in [-0.05, 0) is 37.3 Å². The third-order valence-electron chi connectivity index (χ3n) is 5.43. The number of carboxylic acid groups (broad SMARTS) is 1. The molecule has 0 bridgehead atoms. The summed E-state index contributed by atoms with van der Waals surface area (Å²) in [7, 11) is 0. The SMILES string of the molecule is O=C(C[C@@H](CCc1ccccc1)C(=O)O)c1ccc2c3c(oc2c1)CCC3. The van der Waals surface area contributed by atoms with Crippen molar-refractivity contribution in [3.8, 4) is 0 Å². The van der Waals surface area contributed by atoms with Crippen LogP contribution in [0.2, 0.25) is 0 Å². The molecule has 27 heavy (non-hydrogen) atoms. The lowest BCUT2D eigenvalue weighted by atomic mass is 9.92. The number of furan rings is 1. The Labute approximate surface area is 157 Å². The lowest BCUT2D eigenvalue weighted by molar-refractivity contribution is -0.141. The van der Waals surface area contributed by atoms with E-state index in [1.54, 1.807) is 12.1 Å². The van der Waals surface area contributed by atoms with Gasteiger partial charge in [-0.3, -0.25) is 9.59 Å². The van der Waals surface area contributed by atoms with Crippen LogP contribution in [0.1, 0.15) is 46.5 Å². The molecule has 4 nitrogen and oxygen atoms in total. The molecule has 1 aliphatic rings. The molecular weight excluding hydrogens is 340 g/mol. The van der Waals surface area contributed by atoms with E-state index in [0.717, 1.165) is 41.6 Å². The Kier molecular flexibility index (Phi) is 4.80. The average Bonchev–Trinajstić information content (AvgIpc) is 3.26. The van der Waals surface area contributed by atoms with Crippen LogP contribution in [-0.4, -0.2) is 16.9 Å². The summed E-state index contributed by atoms with van der Waals surface area (Å²) in [5.74, 6) is -0.720. The van der Waals surface area contributed by atoms with E-state index in [4.69, 9.17) is 4.42 Å². The first-order chi connectivity index (χ1) is 13.1. The first-order valence-corrected chi connectivity index (χ1v) is 9.46. The van der Waals surface area contributed by atoms with Gasteiger partial charge in [0.25, 0.3) is 0 Å². The fourth-order valence-electron chi connectivity index (χ4n) is 3.92. The van der Waals surface area contributed by atoms with E-state index in [-0.39, 0.29) is 12.2 Å². The van der Waals surface area contributed by atoms with E-state index in [0.29, 0.717) is 18.4 Å². The van der Waals surface area contributed by atoms with Gasteiger partial charge in [0, 0.05) is 29.4 Å². The van der Waals surface area contributed by atoms with Crippen LogP contribution in [0.15, 0.2) is 52.9 Å². The van der Waals surface area contributed by atoms with Crippen LogP contribution < -0.4 is 0 Å². The molecule has 0 unspecified atom stereocenters. The maximum Gasteiger partial charge on any atom is 0.306 e. The molecule has 2 aromatic carbocycles. The van der Waals surface area contributed by atoms with Crippen molar-refractivity contribution in [1.82, 2.24) is 0 Å².